The van der Waals surface area contributed by atoms with Gasteiger partial charge in [-0.2, -0.15) is 0 Å². The highest BCUT2D eigenvalue weighted by atomic mass is 19.1. The lowest BCUT2D eigenvalue weighted by atomic mass is 10.1. The van der Waals surface area contributed by atoms with E-state index in [9.17, 15) is 9.18 Å². The smallest absolute Gasteiger partial charge is 0.338 e. The van der Waals surface area contributed by atoms with Crippen molar-refractivity contribution in [1.29, 1.82) is 0 Å². The van der Waals surface area contributed by atoms with E-state index in [4.69, 9.17) is 4.74 Å². The van der Waals surface area contributed by atoms with E-state index in [1.54, 1.807) is 0 Å². The first kappa shape index (κ1) is 17.7. The van der Waals surface area contributed by atoms with Crippen LogP contribution in [0, 0.1) is 5.82 Å². The summed E-state index contributed by atoms with van der Waals surface area (Å²) < 4.78 is 17.9. The molecule has 1 aromatic carbocycles. The van der Waals surface area contributed by atoms with Crippen LogP contribution in [-0.4, -0.2) is 12.6 Å². The van der Waals surface area contributed by atoms with E-state index in [-0.39, 0.29) is 11.8 Å². The number of benzene rings is 1. The van der Waals surface area contributed by atoms with E-state index in [0.717, 1.165) is 12.8 Å². The van der Waals surface area contributed by atoms with Gasteiger partial charge in [-0.1, -0.05) is 58.3 Å². The molecule has 0 bridgehead atoms. The van der Waals surface area contributed by atoms with Gasteiger partial charge in [-0.3, -0.25) is 0 Å². The number of hydrogen-bond acceptors (Lipinski definition) is 2. The molecular weight excluding hydrogens is 267 g/mol. The van der Waals surface area contributed by atoms with Crippen molar-refractivity contribution in [3.63, 3.8) is 0 Å². The highest BCUT2D eigenvalue weighted by molar-refractivity contribution is 5.89. The Hall–Kier alpha value is -1.38. The van der Waals surface area contributed by atoms with Gasteiger partial charge in [0.15, 0.2) is 0 Å². The first-order valence-electron chi connectivity index (χ1n) is 8.16. The summed E-state index contributed by atoms with van der Waals surface area (Å²) in [6.07, 6.45) is 11.1. The summed E-state index contributed by atoms with van der Waals surface area (Å²) in [6.45, 7) is 2.68. The van der Waals surface area contributed by atoms with Crippen LogP contribution in [0.25, 0.3) is 0 Å². The Labute approximate surface area is 127 Å². The number of rotatable bonds is 11. The van der Waals surface area contributed by atoms with E-state index >= 15 is 0 Å². The molecule has 0 N–H and O–H groups in total. The van der Waals surface area contributed by atoms with Crippen molar-refractivity contribution >= 4 is 5.97 Å². The Morgan fingerprint density at radius 3 is 2.00 bits per heavy atom. The first-order valence-corrected chi connectivity index (χ1v) is 8.16. The molecule has 2 nitrogen and oxygen atoms in total. The molecule has 0 fully saturated rings. The molecule has 0 amide bonds. The molecule has 1 rings (SSSR count). The van der Waals surface area contributed by atoms with Gasteiger partial charge in [-0.25, -0.2) is 9.18 Å². The first-order chi connectivity index (χ1) is 10.2. The maximum Gasteiger partial charge on any atom is 0.338 e. The standard InChI is InChI=1S/C18H27FO2/c1-2-3-4-5-6-7-8-9-10-15-21-18(20)16-11-13-17(19)14-12-16/h11-14H,2-10,15H2,1H3. The van der Waals surface area contributed by atoms with Crippen molar-refractivity contribution < 1.29 is 13.9 Å². The van der Waals surface area contributed by atoms with E-state index in [0.29, 0.717) is 12.2 Å². The van der Waals surface area contributed by atoms with Gasteiger partial charge >= 0.3 is 5.97 Å². The van der Waals surface area contributed by atoms with Crippen molar-refractivity contribution in [3.05, 3.63) is 35.6 Å². The van der Waals surface area contributed by atoms with Crippen molar-refractivity contribution in [2.24, 2.45) is 0 Å². The monoisotopic (exact) mass is 294 g/mol. The molecule has 0 saturated heterocycles. The normalized spacial score (nSPS) is 10.6. The van der Waals surface area contributed by atoms with Crippen LogP contribution in [0.4, 0.5) is 4.39 Å². The van der Waals surface area contributed by atoms with E-state index < -0.39 is 0 Å². The minimum atomic E-state index is -0.366. The van der Waals surface area contributed by atoms with Crippen LogP contribution in [0.1, 0.15) is 75.1 Å². The van der Waals surface area contributed by atoms with E-state index in [1.165, 1.54) is 69.2 Å². The van der Waals surface area contributed by atoms with Gasteiger partial charge in [0.25, 0.3) is 0 Å². The van der Waals surface area contributed by atoms with Gasteiger partial charge in [0, 0.05) is 0 Å². The highest BCUT2D eigenvalue weighted by Gasteiger charge is 2.06. The van der Waals surface area contributed by atoms with Crippen molar-refractivity contribution in [2.75, 3.05) is 6.61 Å². The van der Waals surface area contributed by atoms with Crippen LogP contribution in [0.3, 0.4) is 0 Å². The van der Waals surface area contributed by atoms with Gasteiger partial charge in [0.05, 0.1) is 12.2 Å². The molecule has 0 unspecified atom stereocenters. The molecule has 0 aromatic heterocycles. The molecule has 118 valence electrons. The molecule has 0 atom stereocenters. The topological polar surface area (TPSA) is 26.3 Å². The molecular formula is C18H27FO2. The van der Waals surface area contributed by atoms with Crippen LogP contribution < -0.4 is 0 Å². The molecule has 0 spiro atoms. The average molecular weight is 294 g/mol. The molecule has 0 aliphatic carbocycles. The molecule has 3 heteroatoms. The van der Waals surface area contributed by atoms with Gasteiger partial charge in [-0.05, 0) is 30.7 Å². The average Bonchev–Trinajstić information content (AvgIpc) is 2.49. The fourth-order valence-electron chi connectivity index (χ4n) is 2.25. The Morgan fingerprint density at radius 2 is 1.43 bits per heavy atom. The van der Waals surface area contributed by atoms with Crippen molar-refractivity contribution in [1.82, 2.24) is 0 Å². The Bertz CT molecular complexity index is 387. The molecule has 1 aromatic rings. The number of unbranched alkanes of at least 4 members (excludes halogenated alkanes) is 8. The van der Waals surface area contributed by atoms with E-state index in [2.05, 4.69) is 6.92 Å². The fraction of sp³-hybridized carbons (Fsp3) is 0.611. The Kier molecular flexibility index (Phi) is 9.51. The van der Waals surface area contributed by atoms with Gasteiger partial charge in [-0.15, -0.1) is 0 Å². The van der Waals surface area contributed by atoms with Gasteiger partial charge < -0.3 is 4.74 Å². The molecule has 21 heavy (non-hydrogen) atoms. The van der Waals surface area contributed by atoms with Gasteiger partial charge in [0.1, 0.15) is 5.82 Å². The second kappa shape index (κ2) is 11.3. The minimum Gasteiger partial charge on any atom is -0.462 e. The van der Waals surface area contributed by atoms with Crippen LogP contribution in [0.2, 0.25) is 0 Å². The molecule has 0 aliphatic heterocycles. The number of ether oxygens (including phenoxy) is 1. The van der Waals surface area contributed by atoms with Crippen LogP contribution in [-0.2, 0) is 4.74 Å². The molecule has 0 heterocycles. The highest BCUT2D eigenvalue weighted by Crippen LogP contribution is 2.10. The largest absolute Gasteiger partial charge is 0.462 e. The van der Waals surface area contributed by atoms with Crippen molar-refractivity contribution in [2.45, 2.75) is 64.7 Å². The second-order valence-electron chi connectivity index (χ2n) is 5.47. The zero-order chi connectivity index (χ0) is 15.3. The number of carbonyl (C=O) groups excluding carboxylic acids is 1. The number of esters is 1. The maximum atomic E-state index is 12.7. The summed E-state index contributed by atoms with van der Waals surface area (Å²) in [5.41, 5.74) is 0.410. The Morgan fingerprint density at radius 1 is 0.905 bits per heavy atom. The summed E-state index contributed by atoms with van der Waals surface area (Å²) in [7, 11) is 0. The lowest BCUT2D eigenvalue weighted by molar-refractivity contribution is 0.0497. The second-order valence-corrected chi connectivity index (χ2v) is 5.47. The number of halogens is 1. The third-order valence-corrected chi connectivity index (χ3v) is 3.56. The van der Waals surface area contributed by atoms with Crippen molar-refractivity contribution in [3.8, 4) is 0 Å². The predicted octanol–water partition coefficient (Wildman–Crippen LogP) is 5.51. The molecule has 0 aliphatic rings. The van der Waals surface area contributed by atoms with Crippen LogP contribution in [0.5, 0.6) is 0 Å². The van der Waals surface area contributed by atoms with Crippen LogP contribution >= 0.6 is 0 Å². The zero-order valence-electron chi connectivity index (χ0n) is 13.1. The summed E-state index contributed by atoms with van der Waals surface area (Å²) >= 11 is 0. The summed E-state index contributed by atoms with van der Waals surface area (Å²) in [4.78, 5) is 11.6. The number of hydrogen-bond donors (Lipinski definition) is 0. The molecule has 0 saturated carbocycles. The van der Waals surface area contributed by atoms with Crippen LogP contribution in [0.15, 0.2) is 24.3 Å². The third-order valence-electron chi connectivity index (χ3n) is 3.56. The van der Waals surface area contributed by atoms with E-state index in [1.807, 2.05) is 0 Å². The maximum absolute atomic E-state index is 12.7. The zero-order valence-corrected chi connectivity index (χ0v) is 13.1. The number of carbonyl (C=O) groups is 1. The predicted molar refractivity (Wildman–Crippen MR) is 83.9 cm³/mol. The summed E-state index contributed by atoms with van der Waals surface area (Å²) in [5, 5.41) is 0. The quantitative estimate of drug-likeness (QED) is 0.397. The molecule has 0 radical (unpaired) electrons. The SMILES string of the molecule is CCCCCCCCCCCOC(=O)c1ccc(F)cc1. The summed E-state index contributed by atoms with van der Waals surface area (Å²) in [5.74, 6) is -0.708. The lowest BCUT2D eigenvalue weighted by Gasteiger charge is -2.05. The lowest BCUT2D eigenvalue weighted by Crippen LogP contribution is -2.06. The Balaban J connectivity index is 1.96. The summed E-state index contributed by atoms with van der Waals surface area (Å²) in [6, 6.07) is 5.45. The fourth-order valence-corrected chi connectivity index (χ4v) is 2.25. The van der Waals surface area contributed by atoms with Gasteiger partial charge in [0.2, 0.25) is 0 Å². The minimum absolute atomic E-state index is 0.342. The third kappa shape index (κ3) is 8.49.